The topological polar surface area (TPSA) is 89.0 Å². The van der Waals surface area contributed by atoms with Crippen LogP contribution in [0.15, 0.2) is 67.1 Å². The van der Waals surface area contributed by atoms with E-state index in [9.17, 15) is 4.79 Å². The highest BCUT2D eigenvalue weighted by atomic mass is 16.5. The van der Waals surface area contributed by atoms with Crippen LogP contribution < -0.4 is 15.4 Å². The van der Waals surface area contributed by atoms with Crippen LogP contribution in [0.4, 0.5) is 11.4 Å². The number of aryl methyl sites for hydroxylation is 1. The third-order valence-corrected chi connectivity index (χ3v) is 4.89. The van der Waals surface area contributed by atoms with E-state index < -0.39 is 0 Å². The molecule has 4 aromatic rings. The molecule has 2 N–H and O–H groups in total. The molecule has 0 aliphatic rings. The Kier molecular flexibility index (Phi) is 6.03. The predicted molar refractivity (Wildman–Crippen MR) is 122 cm³/mol. The van der Waals surface area contributed by atoms with E-state index in [2.05, 4.69) is 31.7 Å². The standard InChI is InChI=1S/C24H23N5O2/c1-3-23-26-11-8-21(28-23)17-12-16-4-5-19(31-2)14-20(16)22(13-17)29-24(30)15-27-18-6-9-25-10-7-18/h4-14H,3,15H2,1-2H3,(H,25,27)(H,29,30). The summed E-state index contributed by atoms with van der Waals surface area (Å²) >= 11 is 0. The first-order chi connectivity index (χ1) is 15.2. The van der Waals surface area contributed by atoms with Crippen molar-refractivity contribution in [2.45, 2.75) is 13.3 Å². The maximum Gasteiger partial charge on any atom is 0.243 e. The molecule has 0 saturated carbocycles. The number of amides is 1. The lowest BCUT2D eigenvalue weighted by Gasteiger charge is -2.14. The van der Waals surface area contributed by atoms with E-state index in [0.29, 0.717) is 5.69 Å². The van der Waals surface area contributed by atoms with E-state index in [1.807, 2.05) is 49.4 Å². The maximum absolute atomic E-state index is 12.7. The van der Waals surface area contributed by atoms with Crippen molar-refractivity contribution in [2.24, 2.45) is 0 Å². The number of aromatic nitrogens is 3. The third kappa shape index (κ3) is 4.78. The van der Waals surface area contributed by atoms with Crippen molar-refractivity contribution in [1.29, 1.82) is 0 Å². The molecule has 2 aromatic heterocycles. The molecule has 0 spiro atoms. The minimum Gasteiger partial charge on any atom is -0.497 e. The fourth-order valence-electron chi connectivity index (χ4n) is 3.29. The summed E-state index contributed by atoms with van der Waals surface area (Å²) < 4.78 is 5.38. The van der Waals surface area contributed by atoms with Crippen LogP contribution in [-0.2, 0) is 11.2 Å². The molecular formula is C24H23N5O2. The van der Waals surface area contributed by atoms with Crippen molar-refractivity contribution in [3.05, 3.63) is 72.9 Å². The monoisotopic (exact) mass is 413 g/mol. The second kappa shape index (κ2) is 9.21. The van der Waals surface area contributed by atoms with E-state index in [0.717, 1.165) is 45.7 Å². The molecular weight excluding hydrogens is 390 g/mol. The summed E-state index contributed by atoms with van der Waals surface area (Å²) in [5.74, 6) is 1.34. The molecule has 0 saturated heterocycles. The molecule has 0 fully saturated rings. The van der Waals surface area contributed by atoms with Crippen LogP contribution in [-0.4, -0.2) is 34.5 Å². The Bertz CT molecular complexity index is 1210. The van der Waals surface area contributed by atoms with Crippen LogP contribution in [0.3, 0.4) is 0 Å². The van der Waals surface area contributed by atoms with Gasteiger partial charge in [-0.2, -0.15) is 0 Å². The average Bonchev–Trinajstić information content (AvgIpc) is 2.83. The first-order valence-corrected chi connectivity index (χ1v) is 10.0. The SMILES string of the molecule is CCc1nccc(-c2cc(NC(=O)CNc3ccncc3)c3cc(OC)ccc3c2)n1. The first-order valence-electron chi connectivity index (χ1n) is 10.0. The summed E-state index contributed by atoms with van der Waals surface area (Å²) in [4.78, 5) is 25.6. The van der Waals surface area contributed by atoms with Crippen LogP contribution in [0.1, 0.15) is 12.7 Å². The molecule has 7 heteroatoms. The molecule has 7 nitrogen and oxygen atoms in total. The molecule has 0 radical (unpaired) electrons. The summed E-state index contributed by atoms with van der Waals surface area (Å²) in [6.45, 7) is 2.15. The van der Waals surface area contributed by atoms with Crippen LogP contribution in [0, 0.1) is 0 Å². The molecule has 156 valence electrons. The third-order valence-electron chi connectivity index (χ3n) is 4.89. The smallest absolute Gasteiger partial charge is 0.243 e. The number of methoxy groups -OCH3 is 1. The minimum atomic E-state index is -0.157. The number of nitrogens with one attached hydrogen (secondary N) is 2. The number of nitrogens with zero attached hydrogens (tertiary/aromatic N) is 3. The zero-order chi connectivity index (χ0) is 21.6. The lowest BCUT2D eigenvalue weighted by atomic mass is 10.0. The highest BCUT2D eigenvalue weighted by Gasteiger charge is 2.12. The summed E-state index contributed by atoms with van der Waals surface area (Å²) in [5.41, 5.74) is 3.25. The minimum absolute atomic E-state index is 0.132. The summed E-state index contributed by atoms with van der Waals surface area (Å²) in [6.07, 6.45) is 5.87. The second-order valence-electron chi connectivity index (χ2n) is 6.96. The molecule has 4 rings (SSSR count). The molecule has 2 aromatic carbocycles. The highest BCUT2D eigenvalue weighted by molar-refractivity contribution is 6.05. The summed E-state index contributed by atoms with van der Waals surface area (Å²) in [6, 6.07) is 15.3. The Morgan fingerprint density at radius 2 is 1.87 bits per heavy atom. The normalized spacial score (nSPS) is 10.6. The van der Waals surface area contributed by atoms with E-state index in [1.165, 1.54) is 0 Å². The van der Waals surface area contributed by atoms with Gasteiger partial charge in [0.25, 0.3) is 0 Å². The van der Waals surface area contributed by atoms with E-state index in [4.69, 9.17) is 4.74 Å². The van der Waals surface area contributed by atoms with Crippen molar-refractivity contribution in [1.82, 2.24) is 15.0 Å². The van der Waals surface area contributed by atoms with E-state index in [1.54, 1.807) is 25.7 Å². The number of carbonyl (C=O) groups is 1. The van der Waals surface area contributed by atoms with Crippen molar-refractivity contribution >= 4 is 28.1 Å². The largest absolute Gasteiger partial charge is 0.497 e. The molecule has 2 heterocycles. The van der Waals surface area contributed by atoms with Gasteiger partial charge < -0.3 is 15.4 Å². The highest BCUT2D eigenvalue weighted by Crippen LogP contribution is 2.32. The number of pyridine rings is 1. The van der Waals surface area contributed by atoms with Gasteiger partial charge in [-0.1, -0.05) is 13.0 Å². The summed E-state index contributed by atoms with van der Waals surface area (Å²) in [7, 11) is 1.62. The Labute approximate surface area is 180 Å². The van der Waals surface area contributed by atoms with Crippen LogP contribution >= 0.6 is 0 Å². The van der Waals surface area contributed by atoms with Gasteiger partial charge in [0.2, 0.25) is 5.91 Å². The van der Waals surface area contributed by atoms with E-state index >= 15 is 0 Å². The lowest BCUT2D eigenvalue weighted by molar-refractivity contribution is -0.114. The number of ether oxygens (including phenoxy) is 1. The Balaban J connectivity index is 1.68. The van der Waals surface area contributed by atoms with Crippen LogP contribution in [0.2, 0.25) is 0 Å². The van der Waals surface area contributed by atoms with Crippen molar-refractivity contribution in [3.63, 3.8) is 0 Å². The second-order valence-corrected chi connectivity index (χ2v) is 6.96. The molecule has 0 unspecified atom stereocenters. The van der Waals surface area contributed by atoms with Gasteiger partial charge in [-0.3, -0.25) is 9.78 Å². The van der Waals surface area contributed by atoms with E-state index in [-0.39, 0.29) is 12.5 Å². The van der Waals surface area contributed by atoms with Crippen molar-refractivity contribution in [2.75, 3.05) is 24.3 Å². The predicted octanol–water partition coefficient (Wildman–Crippen LogP) is 4.31. The van der Waals surface area contributed by atoms with Crippen LogP contribution in [0.5, 0.6) is 5.75 Å². The Morgan fingerprint density at radius 1 is 1.03 bits per heavy atom. The molecule has 1 amide bonds. The quantitative estimate of drug-likeness (QED) is 0.469. The van der Waals surface area contributed by atoms with Gasteiger partial charge >= 0.3 is 0 Å². The number of carbonyl (C=O) groups excluding carboxylic acids is 1. The number of hydrogen-bond donors (Lipinski definition) is 2. The number of hydrogen-bond acceptors (Lipinski definition) is 6. The van der Waals surface area contributed by atoms with Crippen LogP contribution in [0.25, 0.3) is 22.0 Å². The molecule has 0 atom stereocenters. The average molecular weight is 413 g/mol. The lowest BCUT2D eigenvalue weighted by Crippen LogP contribution is -2.22. The summed E-state index contributed by atoms with van der Waals surface area (Å²) in [5, 5.41) is 8.00. The number of rotatable bonds is 7. The van der Waals surface area contributed by atoms with Gasteiger partial charge in [-0.25, -0.2) is 9.97 Å². The van der Waals surface area contributed by atoms with Gasteiger partial charge in [0.15, 0.2) is 0 Å². The first kappa shape index (κ1) is 20.3. The molecule has 0 aliphatic carbocycles. The van der Waals surface area contributed by atoms with Crippen molar-refractivity contribution < 1.29 is 9.53 Å². The Hall–Kier alpha value is -4.00. The number of benzene rings is 2. The zero-order valence-corrected chi connectivity index (χ0v) is 17.4. The zero-order valence-electron chi connectivity index (χ0n) is 17.4. The van der Waals surface area contributed by atoms with Gasteiger partial charge in [0.1, 0.15) is 11.6 Å². The van der Waals surface area contributed by atoms with Gasteiger partial charge in [-0.05, 0) is 47.9 Å². The maximum atomic E-state index is 12.7. The van der Waals surface area contributed by atoms with Crippen molar-refractivity contribution in [3.8, 4) is 17.0 Å². The fraction of sp³-hybridized carbons (Fsp3) is 0.167. The van der Waals surface area contributed by atoms with Gasteiger partial charge in [-0.15, -0.1) is 0 Å². The Morgan fingerprint density at radius 3 is 2.65 bits per heavy atom. The molecule has 0 bridgehead atoms. The van der Waals surface area contributed by atoms with Gasteiger partial charge in [0.05, 0.1) is 19.3 Å². The number of anilines is 2. The molecule has 31 heavy (non-hydrogen) atoms. The van der Waals surface area contributed by atoms with Gasteiger partial charge in [0, 0.05) is 47.3 Å². The number of fused-ring (bicyclic) bond motifs is 1. The fourth-order valence-corrected chi connectivity index (χ4v) is 3.29. The molecule has 0 aliphatic heterocycles.